The van der Waals surface area contributed by atoms with Crippen molar-refractivity contribution in [2.75, 3.05) is 11.4 Å². The van der Waals surface area contributed by atoms with Crippen molar-refractivity contribution in [3.8, 4) is 17.1 Å². The number of hydrogen-bond donors (Lipinski definition) is 0. The molecule has 0 aliphatic carbocycles. The molecule has 0 fully saturated rings. The van der Waals surface area contributed by atoms with E-state index >= 15 is 0 Å². The average molecular weight is 496 g/mol. The van der Waals surface area contributed by atoms with Crippen LogP contribution in [0.2, 0.25) is 10.0 Å². The van der Waals surface area contributed by atoms with Crippen molar-refractivity contribution in [1.82, 2.24) is 19.7 Å². The Kier molecular flexibility index (Phi) is 6.10. The van der Waals surface area contributed by atoms with Crippen molar-refractivity contribution in [2.24, 2.45) is 0 Å². The number of carbonyl (C=O) groups excluding carboxylic acids is 1. The fraction of sp³-hybridized carbons (Fsp3) is 0.167. The predicted molar refractivity (Wildman–Crippen MR) is 132 cm³/mol. The third kappa shape index (κ3) is 4.24. The zero-order valence-corrected chi connectivity index (χ0v) is 20.0. The first-order valence-corrected chi connectivity index (χ1v) is 12.0. The number of fused-ring (bicyclic) bond motifs is 1. The van der Waals surface area contributed by atoms with E-state index in [1.807, 2.05) is 52.8 Å². The SMILES string of the molecule is CC(Sc1nnc(-c2cccnc2)n1-c1ccc(Cl)c(Cl)c1)C(=O)N1CCc2ccccc21. The predicted octanol–water partition coefficient (Wildman–Crippen LogP) is 5.71. The van der Waals surface area contributed by atoms with Gasteiger partial charge in [-0.1, -0.05) is 53.2 Å². The van der Waals surface area contributed by atoms with Crippen molar-refractivity contribution in [1.29, 1.82) is 0 Å². The van der Waals surface area contributed by atoms with Crippen LogP contribution in [0.15, 0.2) is 72.1 Å². The Labute approximate surface area is 205 Å². The van der Waals surface area contributed by atoms with E-state index in [0.717, 1.165) is 23.4 Å². The van der Waals surface area contributed by atoms with E-state index in [4.69, 9.17) is 23.2 Å². The summed E-state index contributed by atoms with van der Waals surface area (Å²) in [5.41, 5.74) is 3.73. The number of carbonyl (C=O) groups is 1. The Balaban J connectivity index is 1.50. The number of thioether (sulfide) groups is 1. The number of hydrogen-bond acceptors (Lipinski definition) is 5. The third-order valence-corrected chi connectivity index (χ3v) is 7.27. The molecule has 0 spiro atoms. The second-order valence-electron chi connectivity index (χ2n) is 7.61. The minimum absolute atomic E-state index is 0.0385. The fourth-order valence-electron chi connectivity index (χ4n) is 3.88. The molecule has 3 heterocycles. The highest BCUT2D eigenvalue weighted by atomic mass is 35.5. The van der Waals surface area contributed by atoms with Gasteiger partial charge in [-0.3, -0.25) is 14.3 Å². The lowest BCUT2D eigenvalue weighted by atomic mass is 10.2. The number of benzene rings is 2. The highest BCUT2D eigenvalue weighted by Gasteiger charge is 2.30. The molecule has 2 aromatic carbocycles. The van der Waals surface area contributed by atoms with Gasteiger partial charge in [0.25, 0.3) is 0 Å². The van der Waals surface area contributed by atoms with Gasteiger partial charge >= 0.3 is 0 Å². The summed E-state index contributed by atoms with van der Waals surface area (Å²) in [5.74, 6) is 0.645. The standard InChI is InChI=1S/C24H19Cl2N5OS/c1-15(23(32)30-12-10-16-5-2-3-7-21(16)30)33-24-29-28-22(17-6-4-11-27-14-17)31(24)18-8-9-19(25)20(26)13-18/h2-9,11,13-15H,10,12H2,1H3. The highest BCUT2D eigenvalue weighted by Crippen LogP contribution is 2.35. The van der Waals surface area contributed by atoms with E-state index in [2.05, 4.69) is 21.2 Å². The number of nitrogens with zero attached hydrogens (tertiary/aromatic N) is 5. The van der Waals surface area contributed by atoms with Crippen molar-refractivity contribution >= 4 is 46.6 Å². The van der Waals surface area contributed by atoms with Gasteiger partial charge in [0, 0.05) is 30.2 Å². The van der Waals surface area contributed by atoms with Crippen molar-refractivity contribution in [3.05, 3.63) is 82.6 Å². The molecule has 1 aliphatic rings. The van der Waals surface area contributed by atoms with Gasteiger partial charge in [-0.15, -0.1) is 10.2 Å². The van der Waals surface area contributed by atoms with Crippen LogP contribution in [0, 0.1) is 0 Å². The van der Waals surface area contributed by atoms with Crippen LogP contribution in [-0.4, -0.2) is 37.5 Å². The average Bonchev–Trinajstić information content (AvgIpc) is 3.45. The van der Waals surface area contributed by atoms with Gasteiger partial charge < -0.3 is 4.90 Å². The molecule has 166 valence electrons. The number of rotatable bonds is 5. The normalized spacial score (nSPS) is 13.7. The molecular weight excluding hydrogens is 477 g/mol. The summed E-state index contributed by atoms with van der Waals surface area (Å²) in [6, 6.07) is 17.1. The van der Waals surface area contributed by atoms with E-state index in [1.165, 1.54) is 17.3 Å². The molecule has 0 N–H and O–H groups in total. The zero-order valence-electron chi connectivity index (χ0n) is 17.7. The Hall–Kier alpha value is -2.87. The molecule has 0 bridgehead atoms. The van der Waals surface area contributed by atoms with Gasteiger partial charge in [-0.05, 0) is 55.3 Å². The first-order valence-electron chi connectivity index (χ1n) is 10.4. The highest BCUT2D eigenvalue weighted by molar-refractivity contribution is 8.00. The van der Waals surface area contributed by atoms with Gasteiger partial charge in [0.1, 0.15) is 0 Å². The second kappa shape index (κ2) is 9.17. The lowest BCUT2D eigenvalue weighted by Crippen LogP contribution is -2.35. The van der Waals surface area contributed by atoms with Crippen LogP contribution >= 0.6 is 35.0 Å². The first-order chi connectivity index (χ1) is 16.0. The molecule has 0 radical (unpaired) electrons. The number of pyridine rings is 1. The van der Waals surface area contributed by atoms with E-state index < -0.39 is 0 Å². The minimum Gasteiger partial charge on any atom is -0.311 e. The maximum absolute atomic E-state index is 13.3. The van der Waals surface area contributed by atoms with Gasteiger partial charge in [0.2, 0.25) is 5.91 Å². The molecule has 6 nitrogen and oxygen atoms in total. The Morgan fingerprint density at radius 1 is 1.06 bits per heavy atom. The molecule has 1 unspecified atom stereocenters. The molecule has 1 atom stereocenters. The van der Waals surface area contributed by atoms with Gasteiger partial charge in [-0.25, -0.2) is 0 Å². The summed E-state index contributed by atoms with van der Waals surface area (Å²) >= 11 is 13.8. The maximum Gasteiger partial charge on any atom is 0.240 e. The number of halogens is 2. The van der Waals surface area contributed by atoms with Crippen LogP contribution in [0.4, 0.5) is 5.69 Å². The Morgan fingerprint density at radius 2 is 1.91 bits per heavy atom. The first kappa shape index (κ1) is 21.9. The van der Waals surface area contributed by atoms with Gasteiger partial charge in [-0.2, -0.15) is 0 Å². The lowest BCUT2D eigenvalue weighted by Gasteiger charge is -2.21. The number of anilines is 1. The lowest BCUT2D eigenvalue weighted by molar-refractivity contribution is -0.117. The van der Waals surface area contributed by atoms with Crippen molar-refractivity contribution in [2.45, 2.75) is 23.8 Å². The Morgan fingerprint density at radius 3 is 2.70 bits per heavy atom. The summed E-state index contributed by atoms with van der Waals surface area (Å²) in [6.45, 7) is 2.58. The molecule has 0 saturated carbocycles. The largest absolute Gasteiger partial charge is 0.311 e. The smallest absolute Gasteiger partial charge is 0.240 e. The van der Waals surface area contributed by atoms with Gasteiger partial charge in [0.05, 0.1) is 21.0 Å². The number of para-hydroxylation sites is 1. The van der Waals surface area contributed by atoms with E-state index in [0.29, 0.717) is 27.6 Å². The molecule has 1 amide bonds. The van der Waals surface area contributed by atoms with Crippen LogP contribution < -0.4 is 4.90 Å². The molecule has 2 aromatic heterocycles. The summed E-state index contributed by atoms with van der Waals surface area (Å²) in [7, 11) is 0. The monoisotopic (exact) mass is 495 g/mol. The van der Waals surface area contributed by atoms with Crippen LogP contribution in [-0.2, 0) is 11.2 Å². The van der Waals surface area contributed by atoms with Gasteiger partial charge in [0.15, 0.2) is 11.0 Å². The second-order valence-corrected chi connectivity index (χ2v) is 9.73. The molecule has 4 aromatic rings. The van der Waals surface area contributed by atoms with E-state index in [-0.39, 0.29) is 11.2 Å². The van der Waals surface area contributed by atoms with Crippen LogP contribution in [0.1, 0.15) is 12.5 Å². The molecule has 33 heavy (non-hydrogen) atoms. The van der Waals surface area contributed by atoms with E-state index in [1.54, 1.807) is 24.5 Å². The quantitative estimate of drug-likeness (QED) is 0.332. The summed E-state index contributed by atoms with van der Waals surface area (Å²) in [6.07, 6.45) is 4.29. The van der Waals surface area contributed by atoms with Crippen LogP contribution in [0.3, 0.4) is 0 Å². The third-order valence-electron chi connectivity index (χ3n) is 5.50. The van der Waals surface area contributed by atoms with Crippen LogP contribution in [0.5, 0.6) is 0 Å². The maximum atomic E-state index is 13.3. The molecule has 1 aliphatic heterocycles. The van der Waals surface area contributed by atoms with Crippen molar-refractivity contribution < 1.29 is 4.79 Å². The summed E-state index contributed by atoms with van der Waals surface area (Å²) in [5, 5.41) is 9.92. The summed E-state index contributed by atoms with van der Waals surface area (Å²) in [4.78, 5) is 19.4. The number of aromatic nitrogens is 4. The van der Waals surface area contributed by atoms with Crippen LogP contribution in [0.25, 0.3) is 17.1 Å². The molecule has 5 rings (SSSR count). The topological polar surface area (TPSA) is 63.9 Å². The minimum atomic E-state index is -0.372. The van der Waals surface area contributed by atoms with Crippen molar-refractivity contribution in [3.63, 3.8) is 0 Å². The fourth-order valence-corrected chi connectivity index (χ4v) is 5.10. The summed E-state index contributed by atoms with van der Waals surface area (Å²) < 4.78 is 1.88. The molecule has 9 heteroatoms. The molecular formula is C24H19Cl2N5OS. The Bertz CT molecular complexity index is 1330. The zero-order chi connectivity index (χ0) is 22.9. The number of amides is 1. The molecule has 0 saturated heterocycles. The van der Waals surface area contributed by atoms with E-state index in [9.17, 15) is 4.79 Å².